The maximum Gasteiger partial charge on any atom is 0.256 e. The van der Waals surface area contributed by atoms with Crippen LogP contribution in [0.25, 0.3) is 10.7 Å². The summed E-state index contributed by atoms with van der Waals surface area (Å²) in [6.45, 7) is 0.875. The molecule has 0 spiro atoms. The molecule has 1 aliphatic rings. The highest BCUT2D eigenvalue weighted by molar-refractivity contribution is 7.13. The van der Waals surface area contributed by atoms with Crippen molar-refractivity contribution in [3.8, 4) is 10.7 Å². The molecule has 1 aromatic carbocycles. The number of carbonyl (C=O) groups excluding carboxylic acids is 1. The van der Waals surface area contributed by atoms with E-state index >= 15 is 0 Å². The zero-order valence-corrected chi connectivity index (χ0v) is 14.5. The highest BCUT2D eigenvalue weighted by Crippen LogP contribution is 2.29. The number of rotatable bonds is 3. The number of amides is 1. The second-order valence-electron chi connectivity index (χ2n) is 6.15. The van der Waals surface area contributed by atoms with E-state index in [1.54, 1.807) is 4.90 Å². The summed E-state index contributed by atoms with van der Waals surface area (Å²) >= 11 is 1.52. The molecular formula is C18H15F2N3O2S. The van der Waals surface area contributed by atoms with E-state index in [9.17, 15) is 13.6 Å². The van der Waals surface area contributed by atoms with Crippen molar-refractivity contribution in [3.05, 3.63) is 58.8 Å². The number of benzene rings is 1. The first kappa shape index (κ1) is 16.8. The molecule has 0 unspecified atom stereocenters. The van der Waals surface area contributed by atoms with Crippen LogP contribution in [-0.4, -0.2) is 34.0 Å². The van der Waals surface area contributed by atoms with Crippen LogP contribution in [-0.2, 0) is 0 Å². The van der Waals surface area contributed by atoms with E-state index < -0.39 is 17.5 Å². The minimum Gasteiger partial charge on any atom is -0.339 e. The van der Waals surface area contributed by atoms with Crippen LogP contribution in [0.1, 0.15) is 35.0 Å². The Morgan fingerprint density at radius 1 is 1.31 bits per heavy atom. The van der Waals surface area contributed by atoms with Crippen LogP contribution in [0, 0.1) is 11.6 Å². The van der Waals surface area contributed by atoms with Gasteiger partial charge >= 0.3 is 0 Å². The zero-order chi connectivity index (χ0) is 18.1. The van der Waals surface area contributed by atoms with Gasteiger partial charge < -0.3 is 9.42 Å². The Morgan fingerprint density at radius 3 is 2.96 bits per heavy atom. The van der Waals surface area contributed by atoms with E-state index in [2.05, 4.69) is 10.1 Å². The summed E-state index contributed by atoms with van der Waals surface area (Å²) in [5.74, 6) is -1.10. The second kappa shape index (κ2) is 6.95. The molecule has 2 aromatic heterocycles. The lowest BCUT2D eigenvalue weighted by molar-refractivity contribution is 0.0691. The minimum absolute atomic E-state index is 0.0996. The molecule has 134 valence electrons. The van der Waals surface area contributed by atoms with Gasteiger partial charge in [0.15, 0.2) is 0 Å². The van der Waals surface area contributed by atoms with Gasteiger partial charge in [0.1, 0.15) is 11.6 Å². The van der Waals surface area contributed by atoms with E-state index in [-0.39, 0.29) is 11.5 Å². The quantitative estimate of drug-likeness (QED) is 0.692. The summed E-state index contributed by atoms with van der Waals surface area (Å²) in [5, 5.41) is 5.94. The number of carbonyl (C=O) groups is 1. The normalized spacial score (nSPS) is 17.5. The molecule has 1 fully saturated rings. The monoisotopic (exact) mass is 375 g/mol. The fraction of sp³-hybridized carbons (Fsp3) is 0.278. The van der Waals surface area contributed by atoms with Gasteiger partial charge in [-0.25, -0.2) is 8.78 Å². The predicted octanol–water partition coefficient (Wildman–Crippen LogP) is 4.10. The van der Waals surface area contributed by atoms with Crippen molar-refractivity contribution in [2.24, 2.45) is 0 Å². The third kappa shape index (κ3) is 3.24. The lowest BCUT2D eigenvalue weighted by atomic mass is 9.97. The summed E-state index contributed by atoms with van der Waals surface area (Å²) in [6, 6.07) is 6.81. The van der Waals surface area contributed by atoms with E-state index in [0.717, 1.165) is 29.9 Å². The first-order valence-corrected chi connectivity index (χ1v) is 9.11. The zero-order valence-electron chi connectivity index (χ0n) is 13.7. The van der Waals surface area contributed by atoms with Gasteiger partial charge in [0.2, 0.25) is 11.7 Å². The Hall–Kier alpha value is -2.61. The van der Waals surface area contributed by atoms with Gasteiger partial charge in [0.05, 0.1) is 16.4 Å². The Balaban J connectivity index is 1.51. The molecule has 26 heavy (non-hydrogen) atoms. The molecule has 1 atom stereocenters. The molecule has 3 heterocycles. The smallest absolute Gasteiger partial charge is 0.256 e. The summed E-state index contributed by atoms with van der Waals surface area (Å²) in [5.41, 5.74) is -0.128. The number of hydrogen-bond acceptors (Lipinski definition) is 5. The Bertz CT molecular complexity index is 926. The van der Waals surface area contributed by atoms with Gasteiger partial charge in [-0.05, 0) is 36.4 Å². The van der Waals surface area contributed by atoms with Gasteiger partial charge in [0, 0.05) is 19.2 Å². The van der Waals surface area contributed by atoms with Crippen LogP contribution >= 0.6 is 11.3 Å². The average Bonchev–Trinajstić information content (AvgIpc) is 3.33. The highest BCUT2D eigenvalue weighted by Gasteiger charge is 2.30. The molecule has 3 aromatic rings. The number of hydrogen-bond donors (Lipinski definition) is 0. The van der Waals surface area contributed by atoms with Crippen LogP contribution in [0.2, 0.25) is 0 Å². The molecule has 5 nitrogen and oxygen atoms in total. The van der Waals surface area contributed by atoms with Crippen molar-refractivity contribution < 1.29 is 18.1 Å². The van der Waals surface area contributed by atoms with Gasteiger partial charge in [0.25, 0.3) is 5.91 Å². The first-order chi connectivity index (χ1) is 12.6. The maximum absolute atomic E-state index is 13.9. The molecule has 8 heteroatoms. The van der Waals surface area contributed by atoms with Crippen LogP contribution in [0.3, 0.4) is 0 Å². The van der Waals surface area contributed by atoms with E-state index in [0.29, 0.717) is 24.8 Å². The van der Waals surface area contributed by atoms with E-state index in [1.807, 2.05) is 17.5 Å². The molecule has 4 rings (SSSR count). The van der Waals surface area contributed by atoms with E-state index in [1.165, 1.54) is 17.4 Å². The summed E-state index contributed by atoms with van der Waals surface area (Å²) in [7, 11) is 0. The van der Waals surface area contributed by atoms with Crippen LogP contribution in [0.15, 0.2) is 40.2 Å². The molecule has 0 radical (unpaired) electrons. The number of likely N-dealkylation sites (tertiary alicyclic amines) is 1. The number of aromatic nitrogens is 2. The Kier molecular flexibility index (Phi) is 4.50. The number of halogens is 2. The summed E-state index contributed by atoms with van der Waals surface area (Å²) in [6.07, 6.45) is 1.55. The third-order valence-electron chi connectivity index (χ3n) is 4.40. The number of nitrogens with zero attached hydrogens (tertiary/aromatic N) is 3. The lowest BCUT2D eigenvalue weighted by Gasteiger charge is -2.31. The van der Waals surface area contributed by atoms with Crippen LogP contribution in [0.4, 0.5) is 8.78 Å². The standard InChI is InChI=1S/C18H15F2N3O2S/c19-12-5-6-13(14(20)9-12)18(24)23-7-1-3-11(10-23)17-21-16(22-25-17)15-4-2-8-26-15/h2,4-6,8-9,11H,1,3,7,10H2/t11-/m0/s1. The van der Waals surface area contributed by atoms with Crippen LogP contribution < -0.4 is 0 Å². The summed E-state index contributed by atoms with van der Waals surface area (Å²) < 4.78 is 32.4. The molecular weight excluding hydrogens is 360 g/mol. The third-order valence-corrected chi connectivity index (χ3v) is 5.27. The first-order valence-electron chi connectivity index (χ1n) is 8.23. The van der Waals surface area contributed by atoms with Crippen LogP contribution in [0.5, 0.6) is 0 Å². The van der Waals surface area contributed by atoms with Crippen molar-refractivity contribution in [3.63, 3.8) is 0 Å². The fourth-order valence-electron chi connectivity index (χ4n) is 3.10. The molecule has 1 aliphatic heterocycles. The van der Waals surface area contributed by atoms with Crippen molar-refractivity contribution in [1.29, 1.82) is 0 Å². The van der Waals surface area contributed by atoms with Crippen molar-refractivity contribution in [2.75, 3.05) is 13.1 Å². The SMILES string of the molecule is O=C(c1ccc(F)cc1F)N1CCC[C@H](c2nc(-c3cccs3)no2)C1. The largest absolute Gasteiger partial charge is 0.339 e. The molecule has 1 saturated heterocycles. The molecule has 0 N–H and O–H groups in total. The van der Waals surface area contributed by atoms with Crippen molar-refractivity contribution in [2.45, 2.75) is 18.8 Å². The molecule has 0 aliphatic carbocycles. The second-order valence-corrected chi connectivity index (χ2v) is 7.10. The summed E-state index contributed by atoms with van der Waals surface area (Å²) in [4.78, 5) is 19.5. The lowest BCUT2D eigenvalue weighted by Crippen LogP contribution is -2.39. The number of piperidine rings is 1. The van der Waals surface area contributed by atoms with Gasteiger partial charge in [-0.3, -0.25) is 4.79 Å². The fourth-order valence-corrected chi connectivity index (χ4v) is 3.75. The highest BCUT2D eigenvalue weighted by atomic mass is 32.1. The van der Waals surface area contributed by atoms with Crippen molar-refractivity contribution >= 4 is 17.2 Å². The Morgan fingerprint density at radius 2 is 2.19 bits per heavy atom. The molecule has 1 amide bonds. The van der Waals surface area contributed by atoms with Crippen molar-refractivity contribution in [1.82, 2.24) is 15.0 Å². The molecule has 0 saturated carbocycles. The maximum atomic E-state index is 13.9. The van der Waals surface area contributed by atoms with Gasteiger partial charge in [-0.15, -0.1) is 11.3 Å². The number of thiophene rings is 1. The minimum atomic E-state index is -0.852. The van der Waals surface area contributed by atoms with E-state index in [4.69, 9.17) is 4.52 Å². The Labute approximate surface area is 152 Å². The molecule has 0 bridgehead atoms. The van der Waals surface area contributed by atoms with Gasteiger partial charge in [-0.2, -0.15) is 4.98 Å². The van der Waals surface area contributed by atoms with Gasteiger partial charge in [-0.1, -0.05) is 11.2 Å². The predicted molar refractivity (Wildman–Crippen MR) is 91.8 cm³/mol. The topological polar surface area (TPSA) is 59.2 Å². The average molecular weight is 375 g/mol.